The molecule has 2 aromatic carbocycles. The van der Waals surface area contributed by atoms with Crippen molar-refractivity contribution in [3.63, 3.8) is 0 Å². The Morgan fingerprint density at radius 1 is 1.19 bits per heavy atom. The number of nitriles is 1. The average molecular weight is 381 g/mol. The number of hydrogen-bond donors (Lipinski definition) is 1. The number of rotatable bonds is 7. The highest BCUT2D eigenvalue weighted by molar-refractivity contribution is 6.30. The Kier molecular flexibility index (Phi) is 7.04. The first-order valence-electron chi connectivity index (χ1n) is 8.09. The van der Waals surface area contributed by atoms with Gasteiger partial charge in [0.25, 0.3) is 0 Å². The van der Waals surface area contributed by atoms with Crippen LogP contribution in [-0.2, 0) is 14.3 Å². The maximum Gasteiger partial charge on any atom is 0.339 e. The van der Waals surface area contributed by atoms with E-state index in [1.165, 1.54) is 6.92 Å². The smallest absolute Gasteiger partial charge is 0.339 e. The molecule has 2 rings (SSSR count). The Bertz CT molecular complexity index is 913. The second-order valence-corrected chi connectivity index (χ2v) is 6.20. The molecule has 0 aliphatic heterocycles. The van der Waals surface area contributed by atoms with Crippen molar-refractivity contribution in [1.82, 2.24) is 0 Å². The van der Waals surface area contributed by atoms with Gasteiger partial charge in [-0.3, -0.25) is 4.79 Å². The number of benzene rings is 2. The normalized spacial score (nSPS) is 12.0. The lowest BCUT2D eigenvalue weighted by Crippen LogP contribution is -2.25. The largest absolute Gasteiger partial charge is 0.454 e. The molecule has 1 unspecified atom stereocenters. The van der Waals surface area contributed by atoms with Gasteiger partial charge in [0.2, 0.25) is 0 Å². The van der Waals surface area contributed by atoms with E-state index in [1.54, 1.807) is 36.4 Å². The summed E-state index contributed by atoms with van der Waals surface area (Å²) in [6.07, 6.45) is 1.65. The molecule has 0 spiro atoms. The Morgan fingerprint density at radius 3 is 2.37 bits per heavy atom. The third-order valence-electron chi connectivity index (χ3n) is 3.72. The summed E-state index contributed by atoms with van der Waals surface area (Å²) in [6, 6.07) is 17.6. The molecule has 1 atom stereocenters. The van der Waals surface area contributed by atoms with Gasteiger partial charge in [0.15, 0.2) is 12.4 Å². The molecule has 1 N–H and O–H groups in total. The number of ether oxygens (including phenoxy) is 1. The van der Waals surface area contributed by atoms with E-state index in [-0.39, 0.29) is 11.3 Å². The summed E-state index contributed by atoms with van der Waals surface area (Å²) in [6.45, 7) is 0.787. The minimum Gasteiger partial charge on any atom is -0.454 e. The summed E-state index contributed by atoms with van der Waals surface area (Å²) >= 11 is 5.91. The van der Waals surface area contributed by atoms with Gasteiger partial charge in [-0.2, -0.15) is 5.26 Å². The van der Waals surface area contributed by atoms with Gasteiger partial charge in [0, 0.05) is 10.7 Å². The molecule has 0 amide bonds. The van der Waals surface area contributed by atoms with Crippen LogP contribution in [0.2, 0.25) is 5.02 Å². The van der Waals surface area contributed by atoms with Crippen molar-refractivity contribution in [2.45, 2.75) is 6.92 Å². The van der Waals surface area contributed by atoms with Crippen LogP contribution in [0, 0.1) is 22.7 Å². The van der Waals surface area contributed by atoms with Gasteiger partial charge in [-0.15, -0.1) is 0 Å². The van der Waals surface area contributed by atoms with Gasteiger partial charge in [-0.1, -0.05) is 54.1 Å². The van der Waals surface area contributed by atoms with Crippen molar-refractivity contribution in [1.29, 1.82) is 10.7 Å². The number of ketones is 1. The fourth-order valence-corrected chi connectivity index (χ4v) is 2.44. The monoisotopic (exact) mass is 380 g/mol. The van der Waals surface area contributed by atoms with E-state index in [9.17, 15) is 9.59 Å². The third kappa shape index (κ3) is 5.63. The number of carbonyl (C=O) groups is 2. The lowest BCUT2D eigenvalue weighted by Gasteiger charge is -2.10. The molecule has 2 aromatic rings. The number of esters is 1. The maximum absolute atomic E-state index is 12.6. The zero-order chi connectivity index (χ0) is 19.8. The molecule has 0 bridgehead atoms. The average Bonchev–Trinajstić information content (AvgIpc) is 2.66. The van der Waals surface area contributed by atoms with Crippen LogP contribution in [0.3, 0.4) is 0 Å². The van der Waals surface area contributed by atoms with Crippen LogP contribution in [0.4, 0.5) is 0 Å². The van der Waals surface area contributed by atoms with E-state index in [4.69, 9.17) is 27.0 Å². The fourth-order valence-electron chi connectivity index (χ4n) is 2.31. The summed E-state index contributed by atoms with van der Waals surface area (Å²) in [5, 5.41) is 16.9. The second kappa shape index (κ2) is 9.46. The first-order valence-corrected chi connectivity index (χ1v) is 8.47. The second-order valence-electron chi connectivity index (χ2n) is 5.76. The van der Waals surface area contributed by atoms with Gasteiger partial charge in [-0.05, 0) is 36.3 Å². The van der Waals surface area contributed by atoms with Gasteiger partial charge in [0.1, 0.15) is 5.92 Å². The van der Waals surface area contributed by atoms with Crippen LogP contribution < -0.4 is 0 Å². The topological polar surface area (TPSA) is 91.0 Å². The maximum atomic E-state index is 12.6. The number of hydrogen-bond acceptors (Lipinski definition) is 5. The molecule has 0 saturated heterocycles. The van der Waals surface area contributed by atoms with Crippen LogP contribution in [0.1, 0.15) is 18.1 Å². The molecule has 0 fully saturated rings. The molecular formula is C21H17ClN2O3. The van der Waals surface area contributed by atoms with Crippen LogP contribution in [-0.4, -0.2) is 24.1 Å². The van der Waals surface area contributed by atoms with Gasteiger partial charge in [0.05, 0.1) is 11.6 Å². The zero-order valence-corrected chi connectivity index (χ0v) is 15.4. The lowest BCUT2D eigenvalue weighted by molar-refractivity contribution is -0.142. The predicted molar refractivity (Wildman–Crippen MR) is 104 cm³/mol. The quantitative estimate of drug-likeness (QED) is 0.337. The fraction of sp³-hybridized carbons (Fsp3) is 0.143. The molecule has 0 aliphatic carbocycles. The Hall–Kier alpha value is -3.23. The first kappa shape index (κ1) is 20.1. The van der Waals surface area contributed by atoms with Crippen LogP contribution >= 0.6 is 11.6 Å². The van der Waals surface area contributed by atoms with Crippen molar-refractivity contribution in [3.05, 3.63) is 70.7 Å². The minimum atomic E-state index is -1.21. The first-order chi connectivity index (χ1) is 12.9. The van der Waals surface area contributed by atoms with E-state index in [1.807, 2.05) is 30.3 Å². The van der Waals surface area contributed by atoms with E-state index in [0.717, 1.165) is 5.56 Å². The van der Waals surface area contributed by atoms with Crippen LogP contribution in [0.25, 0.3) is 11.6 Å². The van der Waals surface area contributed by atoms with Crippen molar-refractivity contribution in [3.8, 4) is 6.07 Å². The standard InChI is InChI=1S/C21H17ClN2O3/c1-14(24)19(12-23)20(25)13-27-21(26)18(11-15-5-3-2-4-6-15)16-7-9-17(22)10-8-16/h2-11,19,24H,13H2,1H3/b18-11+,24-14?. The molecule has 0 saturated carbocycles. The molecule has 0 aliphatic rings. The van der Waals surface area contributed by atoms with E-state index in [0.29, 0.717) is 10.6 Å². The van der Waals surface area contributed by atoms with Crippen molar-refractivity contribution < 1.29 is 14.3 Å². The molecule has 136 valence electrons. The minimum absolute atomic E-state index is 0.0868. The SMILES string of the molecule is CC(=N)C(C#N)C(=O)COC(=O)/C(=C/c1ccccc1)c1ccc(Cl)cc1. The van der Waals surface area contributed by atoms with E-state index >= 15 is 0 Å². The number of Topliss-reactive ketones (excluding diaryl/α,β-unsaturated/α-hetero) is 1. The summed E-state index contributed by atoms with van der Waals surface area (Å²) in [7, 11) is 0. The van der Waals surface area contributed by atoms with Crippen molar-refractivity contribution in [2.24, 2.45) is 5.92 Å². The van der Waals surface area contributed by atoms with Crippen molar-refractivity contribution in [2.75, 3.05) is 6.61 Å². The molecule has 0 aromatic heterocycles. The van der Waals surface area contributed by atoms with Crippen molar-refractivity contribution >= 4 is 40.7 Å². The Morgan fingerprint density at radius 2 is 1.81 bits per heavy atom. The Balaban J connectivity index is 2.26. The summed E-state index contributed by atoms with van der Waals surface area (Å²) < 4.78 is 5.12. The molecule has 27 heavy (non-hydrogen) atoms. The van der Waals surface area contributed by atoms with Gasteiger partial charge >= 0.3 is 5.97 Å². The van der Waals surface area contributed by atoms with Gasteiger partial charge in [-0.25, -0.2) is 4.79 Å². The zero-order valence-electron chi connectivity index (χ0n) is 14.6. The van der Waals surface area contributed by atoms with E-state index in [2.05, 4.69) is 0 Å². The molecule has 0 radical (unpaired) electrons. The number of nitrogens with zero attached hydrogens (tertiary/aromatic N) is 1. The Labute approximate surface area is 162 Å². The highest BCUT2D eigenvalue weighted by Gasteiger charge is 2.23. The van der Waals surface area contributed by atoms with E-state index < -0.39 is 24.3 Å². The molecule has 6 heteroatoms. The number of nitrogens with one attached hydrogen (secondary N) is 1. The highest BCUT2D eigenvalue weighted by Crippen LogP contribution is 2.22. The highest BCUT2D eigenvalue weighted by atomic mass is 35.5. The number of carbonyl (C=O) groups excluding carboxylic acids is 2. The predicted octanol–water partition coefficient (Wildman–Crippen LogP) is 4.17. The number of halogens is 1. The van der Waals surface area contributed by atoms with Crippen LogP contribution in [0.5, 0.6) is 0 Å². The molecular weight excluding hydrogens is 364 g/mol. The molecule has 5 nitrogen and oxygen atoms in total. The van der Waals surface area contributed by atoms with Crippen LogP contribution in [0.15, 0.2) is 54.6 Å². The summed E-state index contributed by atoms with van der Waals surface area (Å²) in [5.41, 5.74) is 1.54. The van der Waals surface area contributed by atoms with Gasteiger partial charge < -0.3 is 10.1 Å². The third-order valence-corrected chi connectivity index (χ3v) is 3.97. The summed E-state index contributed by atoms with van der Waals surface area (Å²) in [5.74, 6) is -2.54. The summed E-state index contributed by atoms with van der Waals surface area (Å²) in [4.78, 5) is 24.6. The molecule has 0 heterocycles. The lowest BCUT2D eigenvalue weighted by atomic mass is 10.0.